The zero-order valence-electron chi connectivity index (χ0n) is 5.63. The summed E-state index contributed by atoms with van der Waals surface area (Å²) in [6, 6.07) is 1.88. The van der Waals surface area contributed by atoms with Gasteiger partial charge in [-0.1, -0.05) is 5.92 Å². The lowest BCUT2D eigenvalue weighted by Crippen LogP contribution is -1.76. The van der Waals surface area contributed by atoms with Crippen LogP contribution < -0.4 is 0 Å². The smallest absolute Gasteiger partial charge is 0.0439 e. The van der Waals surface area contributed by atoms with Crippen LogP contribution in [0.1, 0.15) is 12.5 Å². The second-order valence-corrected chi connectivity index (χ2v) is 2.32. The van der Waals surface area contributed by atoms with Crippen molar-refractivity contribution in [2.75, 3.05) is 0 Å². The predicted molar refractivity (Wildman–Crippen MR) is 44.0 cm³/mol. The first-order valence-corrected chi connectivity index (χ1v) is 3.34. The first-order chi connectivity index (χ1) is 4.83. The van der Waals surface area contributed by atoms with E-state index in [4.69, 9.17) is 0 Å². The molecule has 1 aromatic rings. The van der Waals surface area contributed by atoms with Crippen molar-refractivity contribution < 1.29 is 0 Å². The second-order valence-electron chi connectivity index (χ2n) is 1.81. The lowest BCUT2D eigenvalue weighted by atomic mass is 10.3. The van der Waals surface area contributed by atoms with Crippen LogP contribution in [-0.4, -0.2) is 4.98 Å². The van der Waals surface area contributed by atoms with Gasteiger partial charge >= 0.3 is 0 Å². The van der Waals surface area contributed by atoms with E-state index in [1.807, 2.05) is 6.07 Å². The molecule has 0 aliphatic carbocycles. The molecule has 0 saturated carbocycles. The normalized spacial score (nSPS) is 8.20. The Bertz CT molecular complexity index is 283. The predicted octanol–water partition coefficient (Wildman–Crippen LogP) is 1.74. The zero-order valence-corrected chi connectivity index (χ0v) is 6.52. The molecule has 0 fully saturated rings. The molecule has 0 saturated heterocycles. The minimum absolute atomic E-state index is 0.847. The molecule has 1 aromatic heterocycles. The van der Waals surface area contributed by atoms with Crippen LogP contribution in [0.4, 0.5) is 0 Å². The van der Waals surface area contributed by atoms with Crippen LogP contribution in [0.3, 0.4) is 0 Å². The van der Waals surface area contributed by atoms with E-state index < -0.39 is 0 Å². The van der Waals surface area contributed by atoms with Crippen LogP contribution in [0.15, 0.2) is 23.4 Å². The van der Waals surface area contributed by atoms with Gasteiger partial charge in [0.25, 0.3) is 0 Å². The molecule has 0 aliphatic rings. The molecule has 0 spiro atoms. The number of pyridine rings is 1. The van der Waals surface area contributed by atoms with Gasteiger partial charge < -0.3 is 0 Å². The molecule has 0 unspecified atom stereocenters. The van der Waals surface area contributed by atoms with Crippen molar-refractivity contribution in [3.63, 3.8) is 0 Å². The summed E-state index contributed by atoms with van der Waals surface area (Å²) in [5.41, 5.74) is 0.912. The van der Waals surface area contributed by atoms with Crippen molar-refractivity contribution in [3.8, 4) is 11.8 Å². The fourth-order valence-electron chi connectivity index (χ4n) is 0.640. The van der Waals surface area contributed by atoms with Gasteiger partial charge in [-0.05, 0) is 13.0 Å². The molecule has 2 heteroatoms. The Hall–Kier alpha value is -0.940. The fourth-order valence-corrected chi connectivity index (χ4v) is 0.846. The Morgan fingerprint density at radius 2 is 2.30 bits per heavy atom. The van der Waals surface area contributed by atoms with E-state index in [0.29, 0.717) is 0 Å². The van der Waals surface area contributed by atoms with Crippen molar-refractivity contribution in [1.82, 2.24) is 4.98 Å². The number of nitrogens with zero attached hydrogens (tertiary/aromatic N) is 1. The number of aromatic nitrogens is 1. The lowest BCUT2D eigenvalue weighted by Gasteiger charge is -1.89. The Balaban J connectivity index is 3.03. The van der Waals surface area contributed by atoms with E-state index in [-0.39, 0.29) is 0 Å². The van der Waals surface area contributed by atoms with E-state index in [1.165, 1.54) is 0 Å². The van der Waals surface area contributed by atoms with Crippen molar-refractivity contribution >= 4 is 12.6 Å². The maximum Gasteiger partial charge on any atom is 0.0439 e. The zero-order chi connectivity index (χ0) is 7.40. The molecule has 0 bridgehead atoms. The van der Waals surface area contributed by atoms with Gasteiger partial charge in [-0.15, -0.1) is 18.5 Å². The summed E-state index contributed by atoms with van der Waals surface area (Å²) in [6.07, 6.45) is 3.40. The molecule has 0 amide bonds. The first kappa shape index (κ1) is 7.17. The van der Waals surface area contributed by atoms with Crippen molar-refractivity contribution in [1.29, 1.82) is 0 Å². The minimum atomic E-state index is 0.847. The highest BCUT2D eigenvalue weighted by Gasteiger charge is 1.86. The summed E-state index contributed by atoms with van der Waals surface area (Å²) in [5.74, 6) is 5.67. The lowest BCUT2D eigenvalue weighted by molar-refractivity contribution is 1.23. The summed E-state index contributed by atoms with van der Waals surface area (Å²) in [6.45, 7) is 1.80. The molecule has 50 valence electrons. The third-order valence-corrected chi connectivity index (χ3v) is 1.24. The van der Waals surface area contributed by atoms with Crippen molar-refractivity contribution in [2.45, 2.75) is 11.8 Å². The third-order valence-electron chi connectivity index (χ3n) is 0.993. The molecule has 0 radical (unpaired) electrons. The van der Waals surface area contributed by atoms with Gasteiger partial charge in [0.2, 0.25) is 0 Å². The number of rotatable bonds is 0. The highest BCUT2D eigenvalue weighted by Crippen LogP contribution is 2.04. The Kier molecular flexibility index (Phi) is 2.35. The fraction of sp³-hybridized carbons (Fsp3) is 0.125. The van der Waals surface area contributed by atoms with Gasteiger partial charge in [0.15, 0.2) is 0 Å². The molecule has 0 aromatic carbocycles. The molecule has 0 aliphatic heterocycles. The van der Waals surface area contributed by atoms with Crippen LogP contribution in [-0.2, 0) is 0 Å². The van der Waals surface area contributed by atoms with E-state index in [1.54, 1.807) is 19.3 Å². The van der Waals surface area contributed by atoms with E-state index in [9.17, 15) is 0 Å². The highest BCUT2D eigenvalue weighted by molar-refractivity contribution is 7.80. The molecule has 0 N–H and O–H groups in total. The van der Waals surface area contributed by atoms with Gasteiger partial charge in [0.1, 0.15) is 0 Å². The SMILES string of the molecule is CC#Cc1cncc(S)c1. The van der Waals surface area contributed by atoms with E-state index in [2.05, 4.69) is 29.5 Å². The van der Waals surface area contributed by atoms with Gasteiger partial charge in [-0.25, -0.2) is 0 Å². The van der Waals surface area contributed by atoms with Crippen molar-refractivity contribution in [3.05, 3.63) is 24.0 Å². The van der Waals surface area contributed by atoms with Gasteiger partial charge in [0.05, 0.1) is 0 Å². The number of hydrogen-bond donors (Lipinski definition) is 1. The second kappa shape index (κ2) is 3.28. The molecule has 1 rings (SSSR count). The summed E-state index contributed by atoms with van der Waals surface area (Å²) < 4.78 is 0. The maximum atomic E-state index is 4.12. The standard InChI is InChI=1S/C8H7NS/c1-2-3-7-4-8(10)6-9-5-7/h4-6,10H,1H3. The molecule has 0 atom stereocenters. The average Bonchev–Trinajstić information content (AvgIpc) is 1.88. The largest absolute Gasteiger partial charge is 0.262 e. The van der Waals surface area contributed by atoms with Crippen LogP contribution in [0, 0.1) is 11.8 Å². The number of hydrogen-bond acceptors (Lipinski definition) is 2. The third kappa shape index (κ3) is 1.78. The number of thiol groups is 1. The molecule has 10 heavy (non-hydrogen) atoms. The Morgan fingerprint density at radius 3 is 2.90 bits per heavy atom. The monoisotopic (exact) mass is 149 g/mol. The maximum absolute atomic E-state index is 4.12. The summed E-state index contributed by atoms with van der Waals surface area (Å²) in [4.78, 5) is 4.77. The molecule has 1 heterocycles. The quantitative estimate of drug-likeness (QED) is 0.438. The van der Waals surface area contributed by atoms with Gasteiger partial charge in [-0.3, -0.25) is 4.98 Å². The van der Waals surface area contributed by atoms with E-state index >= 15 is 0 Å². The van der Waals surface area contributed by atoms with Crippen LogP contribution in [0.5, 0.6) is 0 Å². The van der Waals surface area contributed by atoms with E-state index in [0.717, 1.165) is 10.5 Å². The summed E-state index contributed by atoms with van der Waals surface area (Å²) >= 11 is 4.12. The molecular formula is C8H7NS. The topological polar surface area (TPSA) is 12.9 Å². The van der Waals surface area contributed by atoms with Gasteiger partial charge in [0, 0.05) is 22.9 Å². The van der Waals surface area contributed by atoms with Crippen LogP contribution in [0.2, 0.25) is 0 Å². The first-order valence-electron chi connectivity index (χ1n) is 2.89. The molecular weight excluding hydrogens is 142 g/mol. The Morgan fingerprint density at radius 1 is 1.50 bits per heavy atom. The Labute approximate surface area is 65.9 Å². The average molecular weight is 149 g/mol. The summed E-state index contributed by atoms with van der Waals surface area (Å²) in [7, 11) is 0. The minimum Gasteiger partial charge on any atom is -0.262 e. The van der Waals surface area contributed by atoms with Crippen LogP contribution >= 0.6 is 12.6 Å². The highest BCUT2D eigenvalue weighted by atomic mass is 32.1. The van der Waals surface area contributed by atoms with Crippen LogP contribution in [0.25, 0.3) is 0 Å². The van der Waals surface area contributed by atoms with Gasteiger partial charge in [-0.2, -0.15) is 0 Å². The molecule has 1 nitrogen and oxygen atoms in total. The van der Waals surface area contributed by atoms with Crippen molar-refractivity contribution in [2.24, 2.45) is 0 Å². The summed E-state index contributed by atoms with van der Waals surface area (Å²) in [5, 5.41) is 0.